The van der Waals surface area contributed by atoms with Gasteiger partial charge in [-0.05, 0) is 59.7 Å². The van der Waals surface area contributed by atoms with E-state index >= 15 is 0 Å². The molecule has 0 saturated heterocycles. The Labute approximate surface area is 182 Å². The molecule has 4 rings (SSSR count). The number of halogens is 2. The third-order valence-electron chi connectivity index (χ3n) is 4.65. The van der Waals surface area contributed by atoms with Crippen molar-refractivity contribution in [3.8, 4) is 22.6 Å². The number of esters is 2. The number of carbonyl (C=O) groups excluding carboxylic acids is 2. The van der Waals surface area contributed by atoms with E-state index in [1.54, 1.807) is 60.7 Å². The van der Waals surface area contributed by atoms with Gasteiger partial charge in [0.05, 0.1) is 11.1 Å². The Morgan fingerprint density at radius 3 is 1.19 bits per heavy atom. The summed E-state index contributed by atoms with van der Waals surface area (Å²) in [4.78, 5) is 24.5. The third-order valence-corrected chi connectivity index (χ3v) is 4.65. The molecule has 0 saturated carbocycles. The molecule has 4 aromatic rings. The van der Waals surface area contributed by atoms with Gasteiger partial charge in [0.1, 0.15) is 0 Å². The van der Waals surface area contributed by atoms with Gasteiger partial charge in [-0.2, -0.15) is 0 Å². The van der Waals surface area contributed by atoms with Crippen molar-refractivity contribution in [2.75, 3.05) is 0 Å². The minimum Gasteiger partial charge on any atom is -0.420 e. The van der Waals surface area contributed by atoms with E-state index in [2.05, 4.69) is 0 Å². The topological polar surface area (TPSA) is 52.6 Å². The SMILES string of the molecule is O=C(Oc1ccccc1F)c1ccc(-c2ccc(C(=O)Oc3ccccc3F)cc2)cc1. The van der Waals surface area contributed by atoms with Crippen LogP contribution in [0.3, 0.4) is 0 Å². The fourth-order valence-corrected chi connectivity index (χ4v) is 2.97. The number of ether oxygens (including phenoxy) is 2. The fourth-order valence-electron chi connectivity index (χ4n) is 2.97. The summed E-state index contributed by atoms with van der Waals surface area (Å²) in [5.74, 6) is -2.86. The van der Waals surface area contributed by atoms with Crippen LogP contribution >= 0.6 is 0 Å². The first-order valence-corrected chi connectivity index (χ1v) is 9.65. The van der Waals surface area contributed by atoms with E-state index < -0.39 is 23.6 Å². The molecule has 158 valence electrons. The van der Waals surface area contributed by atoms with Crippen molar-refractivity contribution in [2.45, 2.75) is 0 Å². The smallest absolute Gasteiger partial charge is 0.343 e. The molecule has 0 amide bonds. The average Bonchev–Trinajstić information content (AvgIpc) is 2.82. The normalized spacial score (nSPS) is 10.4. The van der Waals surface area contributed by atoms with Gasteiger partial charge < -0.3 is 9.47 Å². The number of hydrogen-bond acceptors (Lipinski definition) is 4. The molecular weight excluding hydrogens is 414 g/mol. The summed E-state index contributed by atoms with van der Waals surface area (Å²) >= 11 is 0. The Kier molecular flexibility index (Phi) is 6.03. The van der Waals surface area contributed by atoms with Crippen molar-refractivity contribution in [1.82, 2.24) is 0 Å². The molecule has 0 N–H and O–H groups in total. The average molecular weight is 430 g/mol. The van der Waals surface area contributed by atoms with Crippen molar-refractivity contribution in [2.24, 2.45) is 0 Å². The molecule has 0 radical (unpaired) electrons. The molecule has 0 aliphatic rings. The summed E-state index contributed by atoms with van der Waals surface area (Å²) < 4.78 is 37.5. The molecule has 0 fully saturated rings. The van der Waals surface area contributed by atoms with Gasteiger partial charge in [-0.15, -0.1) is 0 Å². The molecule has 6 heteroatoms. The van der Waals surface area contributed by atoms with Crippen LogP contribution < -0.4 is 9.47 Å². The zero-order valence-corrected chi connectivity index (χ0v) is 16.6. The van der Waals surface area contributed by atoms with Crippen LogP contribution in [0.25, 0.3) is 11.1 Å². The van der Waals surface area contributed by atoms with Crippen molar-refractivity contribution in [3.63, 3.8) is 0 Å². The number of rotatable bonds is 5. The van der Waals surface area contributed by atoms with Gasteiger partial charge in [0.2, 0.25) is 0 Å². The van der Waals surface area contributed by atoms with Gasteiger partial charge >= 0.3 is 11.9 Å². The highest BCUT2D eigenvalue weighted by molar-refractivity contribution is 5.93. The molecule has 0 aliphatic heterocycles. The minimum atomic E-state index is -0.673. The summed E-state index contributed by atoms with van der Waals surface area (Å²) in [7, 11) is 0. The summed E-state index contributed by atoms with van der Waals surface area (Å²) in [6.07, 6.45) is 0. The quantitative estimate of drug-likeness (QED) is 0.285. The highest BCUT2D eigenvalue weighted by atomic mass is 19.1. The molecule has 0 spiro atoms. The number of carbonyl (C=O) groups is 2. The second-order valence-corrected chi connectivity index (χ2v) is 6.79. The highest BCUT2D eigenvalue weighted by Crippen LogP contribution is 2.23. The van der Waals surface area contributed by atoms with Crippen LogP contribution in [-0.2, 0) is 0 Å². The Balaban J connectivity index is 1.44. The van der Waals surface area contributed by atoms with Crippen LogP contribution in [0, 0.1) is 11.6 Å². The monoisotopic (exact) mass is 430 g/mol. The van der Waals surface area contributed by atoms with E-state index in [1.165, 1.54) is 36.4 Å². The lowest BCUT2D eigenvalue weighted by molar-refractivity contribution is 0.0718. The van der Waals surface area contributed by atoms with Crippen LogP contribution in [0.1, 0.15) is 20.7 Å². The van der Waals surface area contributed by atoms with E-state index in [0.29, 0.717) is 0 Å². The molecule has 0 bridgehead atoms. The second kappa shape index (κ2) is 9.22. The standard InChI is InChI=1S/C26H16F2O4/c27-21-5-1-3-7-23(21)31-25(29)19-13-9-17(10-14-19)18-11-15-20(16-12-18)26(30)32-24-8-4-2-6-22(24)28/h1-16H. The molecule has 32 heavy (non-hydrogen) atoms. The van der Waals surface area contributed by atoms with E-state index in [0.717, 1.165) is 11.1 Å². The first-order valence-electron chi connectivity index (χ1n) is 9.65. The second-order valence-electron chi connectivity index (χ2n) is 6.79. The van der Waals surface area contributed by atoms with Crippen LogP contribution in [0.15, 0.2) is 97.1 Å². The Morgan fingerprint density at radius 2 is 0.844 bits per heavy atom. The number of hydrogen-bond donors (Lipinski definition) is 0. The molecule has 0 heterocycles. The Hall–Kier alpha value is -4.32. The van der Waals surface area contributed by atoms with E-state index in [-0.39, 0.29) is 22.6 Å². The first kappa shape index (κ1) is 20.9. The van der Waals surface area contributed by atoms with Crippen LogP contribution in [0.2, 0.25) is 0 Å². The van der Waals surface area contributed by atoms with Crippen LogP contribution in [0.5, 0.6) is 11.5 Å². The maximum Gasteiger partial charge on any atom is 0.343 e. The zero-order chi connectivity index (χ0) is 22.5. The Bertz CT molecular complexity index is 1160. The van der Waals surface area contributed by atoms with E-state index in [9.17, 15) is 18.4 Å². The number of benzene rings is 4. The summed E-state index contributed by atoms with van der Waals surface area (Å²) in [6.45, 7) is 0. The van der Waals surface area contributed by atoms with Gasteiger partial charge in [0.25, 0.3) is 0 Å². The van der Waals surface area contributed by atoms with Gasteiger partial charge in [-0.25, -0.2) is 18.4 Å². The van der Waals surface area contributed by atoms with Crippen molar-refractivity contribution in [3.05, 3.63) is 120 Å². The van der Waals surface area contributed by atoms with Gasteiger partial charge in [0, 0.05) is 0 Å². The fraction of sp³-hybridized carbons (Fsp3) is 0. The summed E-state index contributed by atoms with van der Waals surface area (Å²) in [5, 5.41) is 0. The van der Waals surface area contributed by atoms with Crippen molar-refractivity contribution < 1.29 is 27.8 Å². The molecular formula is C26H16F2O4. The number of para-hydroxylation sites is 2. The van der Waals surface area contributed by atoms with Crippen molar-refractivity contribution >= 4 is 11.9 Å². The predicted molar refractivity (Wildman–Crippen MR) is 115 cm³/mol. The third kappa shape index (κ3) is 4.70. The van der Waals surface area contributed by atoms with Gasteiger partial charge in [0.15, 0.2) is 23.1 Å². The highest BCUT2D eigenvalue weighted by Gasteiger charge is 2.13. The van der Waals surface area contributed by atoms with Gasteiger partial charge in [-0.3, -0.25) is 0 Å². The summed E-state index contributed by atoms with van der Waals surface area (Å²) in [5.41, 5.74) is 2.12. The zero-order valence-electron chi connectivity index (χ0n) is 16.6. The molecule has 0 aromatic heterocycles. The lowest BCUT2D eigenvalue weighted by Gasteiger charge is -2.08. The predicted octanol–water partition coefficient (Wildman–Crippen LogP) is 6.07. The largest absolute Gasteiger partial charge is 0.420 e. The maximum absolute atomic E-state index is 13.7. The van der Waals surface area contributed by atoms with Crippen LogP contribution in [0.4, 0.5) is 8.78 Å². The van der Waals surface area contributed by atoms with Crippen molar-refractivity contribution in [1.29, 1.82) is 0 Å². The minimum absolute atomic E-state index is 0.139. The lowest BCUT2D eigenvalue weighted by Crippen LogP contribution is -2.09. The van der Waals surface area contributed by atoms with Gasteiger partial charge in [-0.1, -0.05) is 48.5 Å². The lowest BCUT2D eigenvalue weighted by atomic mass is 10.0. The molecule has 0 unspecified atom stereocenters. The maximum atomic E-state index is 13.7. The van der Waals surface area contributed by atoms with E-state index in [4.69, 9.17) is 9.47 Å². The molecule has 4 aromatic carbocycles. The molecule has 4 nitrogen and oxygen atoms in total. The molecule has 0 aliphatic carbocycles. The first-order chi connectivity index (χ1) is 15.5. The Morgan fingerprint density at radius 1 is 0.500 bits per heavy atom. The van der Waals surface area contributed by atoms with E-state index in [1.807, 2.05) is 0 Å². The summed E-state index contributed by atoms with van der Waals surface area (Å²) in [6, 6.07) is 24.5. The molecule has 0 atom stereocenters. The van der Waals surface area contributed by atoms with Crippen LogP contribution in [-0.4, -0.2) is 11.9 Å².